The van der Waals surface area contributed by atoms with Crippen LogP contribution in [0.4, 0.5) is 0 Å². The van der Waals surface area contributed by atoms with E-state index in [0.717, 1.165) is 28.5 Å². The van der Waals surface area contributed by atoms with E-state index in [0.29, 0.717) is 59.2 Å². The summed E-state index contributed by atoms with van der Waals surface area (Å²) in [5.74, 6) is -0.0682. The summed E-state index contributed by atoms with van der Waals surface area (Å²) in [7, 11) is 0. The van der Waals surface area contributed by atoms with Crippen LogP contribution in [0.2, 0.25) is 0 Å². The number of carbonyl (C=O) groups excluding carboxylic acids is 2. The molecule has 1 fully saturated rings. The van der Waals surface area contributed by atoms with Gasteiger partial charge in [-0.3, -0.25) is 14.2 Å². The summed E-state index contributed by atoms with van der Waals surface area (Å²) >= 11 is 1.32. The van der Waals surface area contributed by atoms with E-state index in [2.05, 4.69) is 26.0 Å². The molecule has 46 heavy (non-hydrogen) atoms. The standard InChI is InChI=1S/C36H40N4O5S/c1-5-9-28-32(35(43)45-6-2)33(25-14-12-24(13-15-25)23(3)4)40-34(42)30(46-36(40)37-28)20-26-21-39(29-11-8-7-10-27(26)29)22-31(41)38-16-18-44-19-17-38/h7-8,10-15,20-21,23,33H,5-6,9,16-19,22H2,1-4H3/b30-20+/t33-/m1/s1. The Hall–Kier alpha value is -4.28. The number of fused-ring (bicyclic) bond motifs is 2. The predicted molar refractivity (Wildman–Crippen MR) is 180 cm³/mol. The first kappa shape index (κ1) is 31.7. The van der Waals surface area contributed by atoms with Gasteiger partial charge in [-0.05, 0) is 42.5 Å². The fourth-order valence-corrected chi connectivity index (χ4v) is 7.23. The quantitative estimate of drug-likeness (QED) is 0.251. The van der Waals surface area contributed by atoms with Crippen molar-refractivity contribution in [3.8, 4) is 0 Å². The number of thiazole rings is 1. The Balaban J connectivity index is 1.48. The van der Waals surface area contributed by atoms with Gasteiger partial charge in [-0.2, -0.15) is 0 Å². The summed E-state index contributed by atoms with van der Waals surface area (Å²) in [4.78, 5) is 48.3. The van der Waals surface area contributed by atoms with Crippen molar-refractivity contribution in [3.63, 3.8) is 0 Å². The Morgan fingerprint density at radius 2 is 1.83 bits per heavy atom. The molecule has 0 spiro atoms. The van der Waals surface area contributed by atoms with Crippen LogP contribution < -0.4 is 14.9 Å². The van der Waals surface area contributed by atoms with Crippen molar-refractivity contribution in [1.82, 2.24) is 14.0 Å². The highest BCUT2D eigenvalue weighted by molar-refractivity contribution is 7.07. The number of carbonyl (C=O) groups is 2. The van der Waals surface area contributed by atoms with Crippen molar-refractivity contribution in [1.29, 1.82) is 0 Å². The van der Waals surface area contributed by atoms with E-state index in [4.69, 9.17) is 14.5 Å². The Morgan fingerprint density at radius 3 is 2.52 bits per heavy atom. The predicted octanol–water partition coefficient (Wildman–Crippen LogP) is 4.52. The van der Waals surface area contributed by atoms with Crippen molar-refractivity contribution in [3.05, 3.63) is 102 Å². The lowest BCUT2D eigenvalue weighted by atomic mass is 9.92. The van der Waals surface area contributed by atoms with Gasteiger partial charge >= 0.3 is 5.97 Å². The van der Waals surface area contributed by atoms with Gasteiger partial charge in [0.1, 0.15) is 6.54 Å². The van der Waals surface area contributed by atoms with E-state index in [1.54, 1.807) is 11.5 Å². The van der Waals surface area contributed by atoms with Gasteiger partial charge in [0, 0.05) is 35.8 Å². The molecule has 1 amide bonds. The number of amides is 1. The van der Waals surface area contributed by atoms with Gasteiger partial charge in [-0.15, -0.1) is 0 Å². The Bertz CT molecular complexity index is 1980. The highest BCUT2D eigenvalue weighted by Crippen LogP contribution is 2.33. The summed E-state index contributed by atoms with van der Waals surface area (Å²) in [6.07, 6.45) is 5.20. The lowest BCUT2D eigenvalue weighted by Crippen LogP contribution is -2.42. The van der Waals surface area contributed by atoms with Crippen molar-refractivity contribution >= 4 is 40.2 Å². The highest BCUT2D eigenvalue weighted by atomic mass is 32.1. The summed E-state index contributed by atoms with van der Waals surface area (Å²) in [5.41, 5.74) is 4.62. The number of ether oxygens (including phenoxy) is 2. The monoisotopic (exact) mass is 640 g/mol. The van der Waals surface area contributed by atoms with Crippen molar-refractivity contribution in [2.75, 3.05) is 32.9 Å². The third-order valence-corrected chi connectivity index (χ3v) is 9.57. The van der Waals surface area contributed by atoms with Crippen LogP contribution in [-0.2, 0) is 25.6 Å². The molecule has 0 N–H and O–H groups in total. The maximum Gasteiger partial charge on any atom is 0.338 e. The fourth-order valence-electron chi connectivity index (χ4n) is 6.22. The van der Waals surface area contributed by atoms with Crippen LogP contribution >= 0.6 is 11.3 Å². The molecular formula is C36H40N4O5S. The van der Waals surface area contributed by atoms with E-state index in [1.807, 2.05) is 65.1 Å². The first-order chi connectivity index (χ1) is 22.3. The first-order valence-corrected chi connectivity index (χ1v) is 16.9. The number of morpholine rings is 1. The largest absolute Gasteiger partial charge is 0.463 e. The number of esters is 1. The second-order valence-electron chi connectivity index (χ2n) is 12.0. The Labute approximate surface area is 272 Å². The number of hydrogen-bond donors (Lipinski definition) is 0. The topological polar surface area (TPSA) is 95.1 Å². The third-order valence-electron chi connectivity index (χ3n) is 8.59. The summed E-state index contributed by atoms with van der Waals surface area (Å²) in [5, 5.41) is 0.947. The second kappa shape index (κ2) is 13.6. The number of allylic oxidation sites excluding steroid dienone is 1. The maximum absolute atomic E-state index is 14.3. The van der Waals surface area contributed by atoms with Crippen LogP contribution in [0.1, 0.15) is 69.2 Å². The van der Waals surface area contributed by atoms with Gasteiger partial charge in [0.2, 0.25) is 5.91 Å². The fraction of sp³-hybridized carbons (Fsp3) is 0.389. The molecule has 2 aromatic carbocycles. The number of benzene rings is 2. The molecule has 0 bridgehead atoms. The Morgan fingerprint density at radius 1 is 1.09 bits per heavy atom. The normalized spacial score (nSPS) is 17.0. The number of rotatable bonds is 9. The minimum Gasteiger partial charge on any atom is -0.463 e. The molecule has 9 nitrogen and oxygen atoms in total. The van der Waals surface area contributed by atoms with Crippen LogP contribution in [-0.4, -0.2) is 58.8 Å². The van der Waals surface area contributed by atoms with Gasteiger partial charge in [0.05, 0.1) is 41.7 Å². The lowest BCUT2D eigenvalue weighted by molar-refractivity contribution is -0.139. The first-order valence-electron chi connectivity index (χ1n) is 16.1. The number of para-hydroxylation sites is 1. The van der Waals surface area contributed by atoms with E-state index in [-0.39, 0.29) is 24.6 Å². The zero-order valence-corrected chi connectivity index (χ0v) is 27.6. The smallest absolute Gasteiger partial charge is 0.338 e. The number of hydrogen-bond acceptors (Lipinski definition) is 7. The zero-order chi connectivity index (χ0) is 32.4. The van der Waals surface area contributed by atoms with E-state index in [9.17, 15) is 14.4 Å². The van der Waals surface area contributed by atoms with Gasteiger partial charge in [0.25, 0.3) is 5.56 Å². The molecular weight excluding hydrogens is 600 g/mol. The summed E-state index contributed by atoms with van der Waals surface area (Å²) in [6, 6.07) is 15.4. The molecule has 6 rings (SSSR count). The molecule has 0 saturated carbocycles. The lowest BCUT2D eigenvalue weighted by Gasteiger charge is -2.27. The summed E-state index contributed by atoms with van der Waals surface area (Å²) < 4.78 is 15.1. The summed E-state index contributed by atoms with van der Waals surface area (Å²) in [6.45, 7) is 10.8. The molecule has 2 aliphatic heterocycles. The maximum atomic E-state index is 14.3. The van der Waals surface area contributed by atoms with Gasteiger partial charge in [0.15, 0.2) is 4.80 Å². The van der Waals surface area contributed by atoms with E-state index in [1.165, 1.54) is 16.9 Å². The molecule has 4 heterocycles. The zero-order valence-electron chi connectivity index (χ0n) is 26.8. The van der Waals surface area contributed by atoms with Crippen LogP contribution in [0.3, 0.4) is 0 Å². The van der Waals surface area contributed by atoms with Crippen LogP contribution in [0.25, 0.3) is 17.0 Å². The van der Waals surface area contributed by atoms with Crippen LogP contribution in [0.5, 0.6) is 0 Å². The minimum absolute atomic E-state index is 0.0356. The van der Waals surface area contributed by atoms with Crippen LogP contribution in [0.15, 0.2) is 75.8 Å². The second-order valence-corrected chi connectivity index (χ2v) is 13.0. The van der Waals surface area contributed by atoms with Gasteiger partial charge < -0.3 is 18.9 Å². The molecule has 4 aromatic rings. The molecule has 0 unspecified atom stereocenters. The van der Waals surface area contributed by atoms with E-state index < -0.39 is 12.0 Å². The molecule has 1 saturated heterocycles. The third kappa shape index (κ3) is 6.11. The molecule has 10 heteroatoms. The van der Waals surface area contributed by atoms with Crippen molar-refractivity contribution in [2.24, 2.45) is 4.99 Å². The van der Waals surface area contributed by atoms with Gasteiger partial charge in [-0.25, -0.2) is 9.79 Å². The van der Waals surface area contributed by atoms with Crippen molar-refractivity contribution in [2.45, 2.75) is 59.0 Å². The SMILES string of the molecule is CCCC1=C(C(=O)OCC)[C@@H](c2ccc(C(C)C)cc2)n2c(s/c(=C/c3cn(CC(=O)N4CCOCC4)c4ccccc34)c2=O)=N1. The molecule has 1 atom stereocenters. The van der Waals surface area contributed by atoms with Gasteiger partial charge in [-0.1, -0.05) is 81.0 Å². The average Bonchev–Trinajstić information content (AvgIpc) is 3.57. The average molecular weight is 641 g/mol. The van der Waals surface area contributed by atoms with Crippen molar-refractivity contribution < 1.29 is 19.1 Å². The highest BCUT2D eigenvalue weighted by Gasteiger charge is 2.34. The minimum atomic E-state index is -0.660. The number of nitrogens with zero attached hydrogens (tertiary/aromatic N) is 4. The molecule has 240 valence electrons. The Kier molecular flexibility index (Phi) is 9.37. The molecule has 2 aliphatic rings. The van der Waals surface area contributed by atoms with Crippen LogP contribution in [0, 0.1) is 0 Å². The number of aromatic nitrogens is 2. The molecule has 2 aromatic heterocycles. The molecule has 0 aliphatic carbocycles. The molecule has 0 radical (unpaired) electrons. The van der Waals surface area contributed by atoms with E-state index >= 15 is 0 Å².